The number of halogens is 1. The lowest BCUT2D eigenvalue weighted by molar-refractivity contribution is -0.149. The fourth-order valence-electron chi connectivity index (χ4n) is 3.44. The molecule has 2 aliphatic rings. The fourth-order valence-corrected chi connectivity index (χ4v) is 4.44. The molecule has 0 heterocycles. The number of esters is 1. The molecule has 2 fully saturated rings. The van der Waals surface area contributed by atoms with E-state index in [9.17, 15) is 13.2 Å². The molecule has 2 aliphatic carbocycles. The van der Waals surface area contributed by atoms with Gasteiger partial charge in [-0.1, -0.05) is 6.42 Å². The quantitative estimate of drug-likeness (QED) is 0.181. The second-order valence-corrected chi connectivity index (χ2v) is 9.33. The van der Waals surface area contributed by atoms with Gasteiger partial charge in [0.25, 0.3) is 0 Å². The maximum atomic E-state index is 12.0. The Morgan fingerprint density at radius 1 is 1.14 bits per heavy atom. The van der Waals surface area contributed by atoms with Gasteiger partial charge in [-0.15, -0.1) is 24.0 Å². The molecule has 0 aromatic heterocycles. The van der Waals surface area contributed by atoms with Crippen molar-refractivity contribution in [3.63, 3.8) is 0 Å². The van der Waals surface area contributed by atoms with Crippen LogP contribution in [0.15, 0.2) is 4.99 Å². The summed E-state index contributed by atoms with van der Waals surface area (Å²) in [5.74, 6) is 1.02. The topological polar surface area (TPSA) is 109 Å². The molecule has 0 unspecified atom stereocenters. The molecule has 164 valence electrons. The van der Waals surface area contributed by atoms with Crippen LogP contribution in [0.4, 0.5) is 0 Å². The van der Waals surface area contributed by atoms with Gasteiger partial charge in [0, 0.05) is 26.2 Å². The number of rotatable bonds is 9. The lowest BCUT2D eigenvalue weighted by atomic mass is 9.86. The Hall–Kier alpha value is -0.620. The molecule has 0 aromatic rings. The molecule has 0 radical (unpaired) electrons. The summed E-state index contributed by atoms with van der Waals surface area (Å²) in [6, 6.07) is 0.232. The van der Waals surface area contributed by atoms with E-state index in [0.717, 1.165) is 38.5 Å². The molecule has 0 atom stereocenters. The Morgan fingerprint density at radius 3 is 2.36 bits per heavy atom. The first-order valence-corrected chi connectivity index (χ1v) is 11.7. The summed E-state index contributed by atoms with van der Waals surface area (Å²) in [6.07, 6.45) is 6.78. The van der Waals surface area contributed by atoms with Gasteiger partial charge in [0.15, 0.2) is 5.96 Å². The molecule has 2 rings (SSSR count). The number of aliphatic imine (C=N–C) groups is 1. The van der Waals surface area contributed by atoms with Crippen molar-refractivity contribution in [2.75, 3.05) is 32.5 Å². The van der Waals surface area contributed by atoms with Crippen LogP contribution in [0.25, 0.3) is 0 Å². The van der Waals surface area contributed by atoms with Gasteiger partial charge < -0.3 is 15.4 Å². The second kappa shape index (κ2) is 12.8. The summed E-state index contributed by atoms with van der Waals surface area (Å²) in [7, 11) is -1.59. The summed E-state index contributed by atoms with van der Waals surface area (Å²) in [4.78, 5) is 16.0. The molecule has 3 N–H and O–H groups in total. The SMILES string of the molecule is CCOC(=O)C1CCC(NC(=NC)NCCS(=O)(=O)NCC2CCC2)CC1.I. The molecular formula is C18H35IN4O4S. The van der Waals surface area contributed by atoms with Crippen LogP contribution in [0.1, 0.15) is 51.9 Å². The molecule has 0 amide bonds. The number of hydrogen-bond donors (Lipinski definition) is 3. The Balaban J connectivity index is 0.00000392. The minimum Gasteiger partial charge on any atom is -0.466 e. The summed E-state index contributed by atoms with van der Waals surface area (Å²) < 4.78 is 31.8. The highest BCUT2D eigenvalue weighted by molar-refractivity contribution is 14.0. The highest BCUT2D eigenvalue weighted by Gasteiger charge is 2.27. The normalized spacial score (nSPS) is 23.3. The first-order valence-electron chi connectivity index (χ1n) is 10.0. The van der Waals surface area contributed by atoms with Gasteiger partial charge in [-0.05, 0) is 51.4 Å². The van der Waals surface area contributed by atoms with Crippen LogP contribution in [0.2, 0.25) is 0 Å². The number of nitrogens with zero attached hydrogens (tertiary/aromatic N) is 1. The number of carbonyl (C=O) groups excluding carboxylic acids is 1. The third kappa shape index (κ3) is 8.81. The zero-order valence-electron chi connectivity index (χ0n) is 16.9. The van der Waals surface area contributed by atoms with Crippen LogP contribution >= 0.6 is 24.0 Å². The number of ether oxygens (including phenoxy) is 1. The van der Waals surface area contributed by atoms with E-state index in [1.165, 1.54) is 6.42 Å². The van der Waals surface area contributed by atoms with Gasteiger partial charge in [0.1, 0.15) is 0 Å². The van der Waals surface area contributed by atoms with E-state index in [1.54, 1.807) is 7.05 Å². The Labute approximate surface area is 186 Å². The van der Waals surface area contributed by atoms with Crippen LogP contribution in [-0.2, 0) is 19.6 Å². The smallest absolute Gasteiger partial charge is 0.308 e. The van der Waals surface area contributed by atoms with Crippen molar-refractivity contribution in [1.82, 2.24) is 15.4 Å². The largest absolute Gasteiger partial charge is 0.466 e. The van der Waals surface area contributed by atoms with Gasteiger partial charge in [0.05, 0.1) is 18.3 Å². The average molecular weight is 530 g/mol. The van der Waals surface area contributed by atoms with E-state index in [4.69, 9.17) is 4.74 Å². The van der Waals surface area contributed by atoms with Crippen LogP contribution in [-0.4, -0.2) is 58.9 Å². The first kappa shape index (κ1) is 25.4. The van der Waals surface area contributed by atoms with E-state index in [-0.39, 0.29) is 47.7 Å². The van der Waals surface area contributed by atoms with E-state index < -0.39 is 10.0 Å². The van der Waals surface area contributed by atoms with Crippen molar-refractivity contribution >= 4 is 45.9 Å². The third-order valence-corrected chi connectivity index (χ3v) is 6.74. The van der Waals surface area contributed by atoms with Gasteiger partial charge in [-0.3, -0.25) is 9.79 Å². The van der Waals surface area contributed by atoms with Crippen LogP contribution < -0.4 is 15.4 Å². The first-order chi connectivity index (χ1) is 12.9. The van der Waals surface area contributed by atoms with Gasteiger partial charge in [-0.25, -0.2) is 13.1 Å². The Kier molecular flexibility index (Phi) is 11.7. The molecule has 2 saturated carbocycles. The van der Waals surface area contributed by atoms with Crippen LogP contribution in [0, 0.1) is 11.8 Å². The maximum absolute atomic E-state index is 12.0. The number of nitrogens with one attached hydrogen (secondary N) is 3. The van der Waals surface area contributed by atoms with E-state index in [2.05, 4.69) is 20.3 Å². The average Bonchev–Trinajstić information content (AvgIpc) is 2.60. The molecule has 0 aromatic carbocycles. The van der Waals surface area contributed by atoms with Crippen LogP contribution in [0.5, 0.6) is 0 Å². The van der Waals surface area contributed by atoms with Crippen molar-refractivity contribution in [2.24, 2.45) is 16.8 Å². The molecule has 0 aliphatic heterocycles. The van der Waals surface area contributed by atoms with Gasteiger partial charge in [0.2, 0.25) is 10.0 Å². The summed E-state index contributed by atoms with van der Waals surface area (Å²) in [5, 5.41) is 6.39. The summed E-state index contributed by atoms with van der Waals surface area (Å²) >= 11 is 0. The number of hydrogen-bond acceptors (Lipinski definition) is 5. The summed E-state index contributed by atoms with van der Waals surface area (Å²) in [5.41, 5.74) is 0. The predicted octanol–water partition coefficient (Wildman–Crippen LogP) is 1.61. The monoisotopic (exact) mass is 530 g/mol. The highest BCUT2D eigenvalue weighted by Crippen LogP contribution is 2.26. The van der Waals surface area contributed by atoms with Crippen molar-refractivity contribution < 1.29 is 17.9 Å². The minimum atomic E-state index is -3.26. The van der Waals surface area contributed by atoms with Crippen LogP contribution in [0.3, 0.4) is 0 Å². The third-order valence-electron chi connectivity index (χ3n) is 5.39. The van der Waals surface area contributed by atoms with Crippen molar-refractivity contribution in [3.05, 3.63) is 0 Å². The second-order valence-electron chi connectivity index (χ2n) is 7.41. The molecule has 28 heavy (non-hydrogen) atoms. The van der Waals surface area contributed by atoms with Crippen molar-refractivity contribution in [3.8, 4) is 0 Å². The summed E-state index contributed by atoms with van der Waals surface area (Å²) in [6.45, 7) is 3.10. The number of carbonyl (C=O) groups is 1. The van der Waals surface area contributed by atoms with E-state index in [1.807, 2.05) is 6.92 Å². The zero-order valence-corrected chi connectivity index (χ0v) is 20.1. The Bertz CT molecular complexity index is 603. The molecule has 0 spiro atoms. The Morgan fingerprint density at radius 2 is 1.82 bits per heavy atom. The molecular weight excluding hydrogens is 495 g/mol. The predicted molar refractivity (Wildman–Crippen MR) is 121 cm³/mol. The zero-order chi connectivity index (χ0) is 19.7. The molecule has 10 heteroatoms. The molecule has 0 saturated heterocycles. The van der Waals surface area contributed by atoms with Gasteiger partial charge in [-0.2, -0.15) is 0 Å². The highest BCUT2D eigenvalue weighted by atomic mass is 127. The van der Waals surface area contributed by atoms with Crippen molar-refractivity contribution in [1.29, 1.82) is 0 Å². The van der Waals surface area contributed by atoms with E-state index in [0.29, 0.717) is 31.6 Å². The van der Waals surface area contributed by atoms with E-state index >= 15 is 0 Å². The van der Waals surface area contributed by atoms with Crippen molar-refractivity contribution in [2.45, 2.75) is 57.9 Å². The fraction of sp³-hybridized carbons (Fsp3) is 0.889. The maximum Gasteiger partial charge on any atom is 0.308 e. The number of guanidine groups is 1. The lowest BCUT2D eigenvalue weighted by Crippen LogP contribution is -2.47. The standard InChI is InChI=1S/C18H34N4O4S.HI/c1-3-26-17(23)15-7-9-16(10-8-15)22-18(19-2)20-11-12-27(24,25)21-13-14-5-4-6-14;/h14-16,21H,3-13H2,1-2H3,(H2,19,20,22);1H. The lowest BCUT2D eigenvalue weighted by Gasteiger charge is -2.29. The number of sulfonamides is 1. The van der Waals surface area contributed by atoms with Gasteiger partial charge >= 0.3 is 5.97 Å². The minimum absolute atomic E-state index is 0. The molecule has 8 nitrogen and oxygen atoms in total. The molecule has 0 bridgehead atoms.